The van der Waals surface area contributed by atoms with E-state index < -0.39 is 4.92 Å². The summed E-state index contributed by atoms with van der Waals surface area (Å²) in [5, 5.41) is 18.2. The van der Waals surface area contributed by atoms with Crippen LogP contribution in [0.1, 0.15) is 19.7 Å². The molecular formula is C12H13ClN4O3. The largest absolute Gasteiger partial charge is 0.334 e. The van der Waals surface area contributed by atoms with Gasteiger partial charge in [-0.15, -0.1) is 0 Å². The van der Waals surface area contributed by atoms with Crippen molar-refractivity contribution < 1.29 is 9.45 Å². The number of nitro groups is 1. The minimum absolute atomic E-state index is 0.105. The summed E-state index contributed by atoms with van der Waals surface area (Å²) >= 11 is 5.76. The molecular weight excluding hydrogens is 284 g/mol. The Morgan fingerprint density at radius 2 is 2.25 bits per heavy atom. The van der Waals surface area contributed by atoms with Crippen molar-refractivity contribution in [3.05, 3.63) is 39.2 Å². The summed E-state index contributed by atoms with van der Waals surface area (Å²) in [6.45, 7) is 4.42. The molecule has 0 saturated carbocycles. The van der Waals surface area contributed by atoms with Crippen molar-refractivity contribution in [2.24, 2.45) is 0 Å². The van der Waals surface area contributed by atoms with Gasteiger partial charge in [0.25, 0.3) is 11.6 Å². The van der Waals surface area contributed by atoms with E-state index in [2.05, 4.69) is 15.5 Å². The van der Waals surface area contributed by atoms with Crippen LogP contribution in [0.5, 0.6) is 0 Å². The van der Waals surface area contributed by atoms with Crippen molar-refractivity contribution in [2.45, 2.75) is 26.4 Å². The second kappa shape index (κ2) is 5.98. The Morgan fingerprint density at radius 3 is 2.90 bits per heavy atom. The Morgan fingerprint density at radius 1 is 1.50 bits per heavy atom. The lowest BCUT2D eigenvalue weighted by Gasteiger charge is -2.03. The fourth-order valence-corrected chi connectivity index (χ4v) is 1.73. The fourth-order valence-electron chi connectivity index (χ4n) is 1.57. The Hall–Kier alpha value is -1.99. The minimum Gasteiger partial charge on any atom is -0.334 e. The predicted molar refractivity (Wildman–Crippen MR) is 73.4 cm³/mol. The Bertz CT molecular complexity index is 627. The van der Waals surface area contributed by atoms with Gasteiger partial charge in [0.2, 0.25) is 0 Å². The first-order valence-corrected chi connectivity index (χ1v) is 6.35. The highest BCUT2D eigenvalue weighted by atomic mass is 35.5. The van der Waals surface area contributed by atoms with E-state index in [0.29, 0.717) is 12.4 Å². The van der Waals surface area contributed by atoms with E-state index in [-0.39, 0.29) is 28.2 Å². The maximum atomic E-state index is 11.0. The topological polar surface area (TPSA) is 94.1 Å². The van der Waals surface area contributed by atoms with Crippen molar-refractivity contribution in [3.63, 3.8) is 0 Å². The molecule has 20 heavy (non-hydrogen) atoms. The summed E-state index contributed by atoms with van der Waals surface area (Å²) in [7, 11) is 0. The molecule has 106 valence electrons. The molecule has 0 radical (unpaired) electrons. The molecule has 2 rings (SSSR count). The van der Waals surface area contributed by atoms with Gasteiger partial charge in [-0.3, -0.25) is 10.1 Å². The molecule has 0 saturated heterocycles. The third kappa shape index (κ3) is 3.31. The van der Waals surface area contributed by atoms with Crippen LogP contribution >= 0.6 is 11.6 Å². The highest BCUT2D eigenvalue weighted by Crippen LogP contribution is 2.31. The maximum absolute atomic E-state index is 11.0. The number of hydrogen-bond acceptors (Lipinski definition) is 6. The zero-order valence-electron chi connectivity index (χ0n) is 11.0. The molecule has 0 fully saturated rings. The number of rotatable bonds is 5. The molecule has 1 aromatic heterocycles. The molecule has 0 atom stereocenters. The highest BCUT2D eigenvalue weighted by Gasteiger charge is 2.21. The van der Waals surface area contributed by atoms with Gasteiger partial charge in [-0.1, -0.05) is 30.6 Å². The lowest BCUT2D eigenvalue weighted by Crippen LogP contribution is -2.22. The van der Waals surface area contributed by atoms with Gasteiger partial charge < -0.3 is 9.84 Å². The average Bonchev–Trinajstić information content (AvgIpc) is 2.84. The second-order valence-electron chi connectivity index (χ2n) is 4.47. The van der Waals surface area contributed by atoms with Crippen molar-refractivity contribution in [2.75, 3.05) is 0 Å². The van der Waals surface area contributed by atoms with Crippen LogP contribution in [0.4, 0.5) is 5.69 Å². The van der Waals surface area contributed by atoms with Crippen LogP contribution in [0.3, 0.4) is 0 Å². The van der Waals surface area contributed by atoms with Gasteiger partial charge >= 0.3 is 0 Å². The number of aromatic nitrogens is 2. The zero-order chi connectivity index (χ0) is 14.7. The summed E-state index contributed by atoms with van der Waals surface area (Å²) in [6, 6.07) is 4.57. The molecule has 0 spiro atoms. The van der Waals surface area contributed by atoms with Crippen LogP contribution in [-0.2, 0) is 6.54 Å². The van der Waals surface area contributed by atoms with Gasteiger partial charge in [-0.05, 0) is 12.1 Å². The van der Waals surface area contributed by atoms with Crippen molar-refractivity contribution in [1.29, 1.82) is 0 Å². The monoisotopic (exact) mass is 296 g/mol. The van der Waals surface area contributed by atoms with Gasteiger partial charge in [0.05, 0.1) is 11.5 Å². The lowest BCUT2D eigenvalue weighted by molar-refractivity contribution is -0.384. The summed E-state index contributed by atoms with van der Waals surface area (Å²) in [5.74, 6) is 0.548. The number of benzene rings is 1. The van der Waals surface area contributed by atoms with Crippen molar-refractivity contribution in [1.82, 2.24) is 15.5 Å². The van der Waals surface area contributed by atoms with Gasteiger partial charge in [-0.2, -0.15) is 4.98 Å². The maximum Gasteiger partial charge on any atom is 0.283 e. The third-order valence-corrected chi connectivity index (χ3v) is 2.76. The number of halogens is 1. The molecule has 0 aliphatic rings. The van der Waals surface area contributed by atoms with Crippen molar-refractivity contribution in [3.8, 4) is 11.5 Å². The summed E-state index contributed by atoms with van der Waals surface area (Å²) in [6.07, 6.45) is 0. The fraction of sp³-hybridized carbons (Fsp3) is 0.333. The molecule has 0 bridgehead atoms. The molecule has 8 heteroatoms. The van der Waals surface area contributed by atoms with Crippen LogP contribution in [-0.4, -0.2) is 21.1 Å². The van der Waals surface area contributed by atoms with Crippen LogP contribution in [0.2, 0.25) is 5.02 Å². The van der Waals surface area contributed by atoms with Crippen LogP contribution in [0, 0.1) is 10.1 Å². The Labute approximate surface area is 120 Å². The van der Waals surface area contributed by atoms with E-state index in [0.717, 1.165) is 0 Å². The SMILES string of the molecule is CC(C)NCc1noc(-c2ccc(Cl)cc2[N+](=O)[O-])n1. The molecule has 0 aliphatic heterocycles. The summed E-state index contributed by atoms with van der Waals surface area (Å²) < 4.78 is 5.07. The van der Waals surface area contributed by atoms with Gasteiger partial charge in [-0.25, -0.2) is 0 Å². The number of nitro benzene ring substituents is 1. The molecule has 1 heterocycles. The summed E-state index contributed by atoms with van der Waals surface area (Å²) in [4.78, 5) is 14.6. The zero-order valence-corrected chi connectivity index (χ0v) is 11.7. The van der Waals surface area contributed by atoms with E-state index in [4.69, 9.17) is 16.1 Å². The molecule has 0 aliphatic carbocycles. The first-order valence-electron chi connectivity index (χ1n) is 5.97. The molecule has 0 unspecified atom stereocenters. The van der Waals surface area contributed by atoms with E-state index in [1.54, 1.807) is 6.07 Å². The van der Waals surface area contributed by atoms with Gasteiger partial charge in [0.15, 0.2) is 5.82 Å². The predicted octanol–water partition coefficient (Wildman–Crippen LogP) is 2.80. The second-order valence-corrected chi connectivity index (χ2v) is 4.91. The third-order valence-electron chi connectivity index (χ3n) is 2.52. The molecule has 1 aromatic carbocycles. The molecule has 1 N–H and O–H groups in total. The smallest absolute Gasteiger partial charge is 0.283 e. The van der Waals surface area contributed by atoms with E-state index in [1.807, 2.05) is 13.8 Å². The minimum atomic E-state index is -0.530. The van der Waals surface area contributed by atoms with Crippen LogP contribution in [0.25, 0.3) is 11.5 Å². The lowest BCUT2D eigenvalue weighted by atomic mass is 10.2. The van der Waals surface area contributed by atoms with Crippen LogP contribution < -0.4 is 5.32 Å². The molecule has 2 aromatic rings. The first kappa shape index (κ1) is 14.4. The quantitative estimate of drug-likeness (QED) is 0.673. The molecule has 0 amide bonds. The average molecular weight is 297 g/mol. The molecule has 7 nitrogen and oxygen atoms in total. The van der Waals surface area contributed by atoms with Gasteiger partial charge in [0.1, 0.15) is 5.56 Å². The first-order chi connectivity index (χ1) is 9.47. The van der Waals surface area contributed by atoms with Crippen molar-refractivity contribution >= 4 is 17.3 Å². The standard InChI is InChI=1S/C12H13ClN4O3/c1-7(2)14-6-11-15-12(20-16-11)9-4-3-8(13)5-10(9)17(18)19/h3-5,7,14H,6H2,1-2H3. The number of hydrogen-bond donors (Lipinski definition) is 1. The summed E-state index contributed by atoms with van der Waals surface area (Å²) in [5.41, 5.74) is 0.0900. The number of nitrogens with zero attached hydrogens (tertiary/aromatic N) is 3. The van der Waals surface area contributed by atoms with Crippen LogP contribution in [0.15, 0.2) is 22.7 Å². The Balaban J connectivity index is 2.30. The van der Waals surface area contributed by atoms with E-state index in [1.165, 1.54) is 12.1 Å². The Kier molecular flexibility index (Phi) is 4.31. The highest BCUT2D eigenvalue weighted by molar-refractivity contribution is 6.30. The normalized spacial score (nSPS) is 11.0. The van der Waals surface area contributed by atoms with Gasteiger partial charge in [0, 0.05) is 17.1 Å². The number of nitrogens with one attached hydrogen (secondary N) is 1. The van der Waals surface area contributed by atoms with E-state index in [9.17, 15) is 10.1 Å². The van der Waals surface area contributed by atoms with E-state index >= 15 is 0 Å².